The van der Waals surface area contributed by atoms with Crippen LogP contribution in [0.2, 0.25) is 0 Å². The maximum Gasteiger partial charge on any atom is 0.231 e. The highest BCUT2D eigenvalue weighted by Gasteiger charge is 2.13. The fourth-order valence-electron chi connectivity index (χ4n) is 2.72. The monoisotopic (exact) mass is 279 g/mol. The largest absolute Gasteiger partial charge is 0.454 e. The van der Waals surface area contributed by atoms with Crippen LogP contribution in [0.1, 0.15) is 15.9 Å². The van der Waals surface area contributed by atoms with Crippen molar-refractivity contribution in [2.75, 3.05) is 6.79 Å². The third kappa shape index (κ3) is 1.96. The van der Waals surface area contributed by atoms with Crippen LogP contribution in [0.3, 0.4) is 0 Å². The number of carbonyl (C=O) groups excluding carboxylic acids is 1. The maximum absolute atomic E-state index is 11.1. The summed E-state index contributed by atoms with van der Waals surface area (Å²) in [6.07, 6.45) is 2.90. The van der Waals surface area contributed by atoms with Gasteiger partial charge in [0.25, 0.3) is 0 Å². The Balaban J connectivity index is 1.73. The molecule has 4 nitrogen and oxygen atoms in total. The molecule has 0 saturated carbocycles. The van der Waals surface area contributed by atoms with Gasteiger partial charge in [-0.15, -0.1) is 0 Å². The molecular weight excluding hydrogens is 266 g/mol. The fourth-order valence-corrected chi connectivity index (χ4v) is 2.72. The van der Waals surface area contributed by atoms with E-state index in [2.05, 4.69) is 4.57 Å². The summed E-state index contributed by atoms with van der Waals surface area (Å²) in [5.74, 6) is 1.58. The maximum atomic E-state index is 11.1. The molecule has 0 N–H and O–H groups in total. The molecule has 104 valence electrons. The number of hydrogen-bond acceptors (Lipinski definition) is 3. The first kappa shape index (κ1) is 12.0. The zero-order chi connectivity index (χ0) is 14.2. The van der Waals surface area contributed by atoms with Crippen LogP contribution in [-0.4, -0.2) is 17.6 Å². The van der Waals surface area contributed by atoms with Crippen molar-refractivity contribution >= 4 is 17.2 Å². The summed E-state index contributed by atoms with van der Waals surface area (Å²) in [6, 6.07) is 13.7. The van der Waals surface area contributed by atoms with E-state index in [4.69, 9.17) is 9.47 Å². The van der Waals surface area contributed by atoms with Gasteiger partial charge in [0.05, 0.1) is 0 Å². The average Bonchev–Trinajstić information content (AvgIpc) is 3.13. The number of hydrogen-bond donors (Lipinski definition) is 0. The molecule has 0 unspecified atom stereocenters. The molecule has 4 heteroatoms. The molecule has 3 aromatic rings. The van der Waals surface area contributed by atoms with Crippen LogP contribution in [0.25, 0.3) is 10.9 Å². The summed E-state index contributed by atoms with van der Waals surface area (Å²) in [7, 11) is 0. The number of carbonyl (C=O) groups is 1. The second-order valence-corrected chi connectivity index (χ2v) is 5.03. The fraction of sp³-hybridized carbons (Fsp3) is 0.118. The van der Waals surface area contributed by atoms with Gasteiger partial charge in [-0.05, 0) is 29.8 Å². The van der Waals surface area contributed by atoms with Crippen LogP contribution in [-0.2, 0) is 6.54 Å². The van der Waals surface area contributed by atoms with E-state index in [1.165, 1.54) is 0 Å². The highest BCUT2D eigenvalue weighted by Crippen LogP contribution is 2.33. The molecule has 2 aromatic carbocycles. The lowest BCUT2D eigenvalue weighted by atomic mass is 10.1. The van der Waals surface area contributed by atoms with E-state index in [1.54, 1.807) is 0 Å². The van der Waals surface area contributed by atoms with E-state index in [1.807, 2.05) is 48.7 Å². The lowest BCUT2D eigenvalue weighted by molar-refractivity contribution is 0.112. The number of benzene rings is 2. The molecule has 0 aliphatic carbocycles. The Morgan fingerprint density at radius 3 is 2.90 bits per heavy atom. The molecule has 1 aliphatic rings. The minimum absolute atomic E-state index is 0.286. The second kappa shape index (κ2) is 4.66. The van der Waals surface area contributed by atoms with Gasteiger partial charge in [-0.3, -0.25) is 4.79 Å². The highest BCUT2D eigenvalue weighted by molar-refractivity contribution is 5.97. The van der Waals surface area contributed by atoms with Gasteiger partial charge in [-0.1, -0.05) is 18.2 Å². The Morgan fingerprint density at radius 2 is 2.00 bits per heavy atom. The van der Waals surface area contributed by atoms with E-state index < -0.39 is 0 Å². The Hall–Kier alpha value is -2.75. The van der Waals surface area contributed by atoms with Crippen molar-refractivity contribution in [3.05, 3.63) is 59.8 Å². The molecule has 4 rings (SSSR count). The molecule has 0 bridgehead atoms. The highest BCUT2D eigenvalue weighted by atomic mass is 16.7. The molecule has 21 heavy (non-hydrogen) atoms. The number of fused-ring (bicyclic) bond motifs is 2. The normalized spacial score (nSPS) is 12.8. The second-order valence-electron chi connectivity index (χ2n) is 5.03. The lowest BCUT2D eigenvalue weighted by Crippen LogP contribution is -1.98. The van der Waals surface area contributed by atoms with Crippen LogP contribution in [0.5, 0.6) is 11.5 Å². The first-order chi connectivity index (χ1) is 10.3. The van der Waals surface area contributed by atoms with Crippen molar-refractivity contribution in [1.29, 1.82) is 0 Å². The summed E-state index contributed by atoms with van der Waals surface area (Å²) >= 11 is 0. The van der Waals surface area contributed by atoms with Gasteiger partial charge in [0, 0.05) is 29.2 Å². The minimum atomic E-state index is 0.286. The smallest absolute Gasteiger partial charge is 0.231 e. The molecule has 0 amide bonds. The van der Waals surface area contributed by atoms with Crippen LogP contribution in [0.15, 0.2) is 48.7 Å². The van der Waals surface area contributed by atoms with Gasteiger partial charge in [-0.25, -0.2) is 0 Å². The van der Waals surface area contributed by atoms with Gasteiger partial charge in [-0.2, -0.15) is 0 Å². The predicted octanol–water partition coefficient (Wildman–Crippen LogP) is 3.23. The van der Waals surface area contributed by atoms with Crippen LogP contribution in [0, 0.1) is 0 Å². The molecule has 1 aliphatic heterocycles. The molecule has 0 atom stereocenters. The summed E-state index contributed by atoms with van der Waals surface area (Å²) in [5, 5.41) is 0.980. The zero-order valence-electron chi connectivity index (χ0n) is 11.3. The predicted molar refractivity (Wildman–Crippen MR) is 79.0 cm³/mol. The van der Waals surface area contributed by atoms with E-state index in [0.29, 0.717) is 0 Å². The molecule has 0 fully saturated rings. The summed E-state index contributed by atoms with van der Waals surface area (Å²) in [4.78, 5) is 11.1. The number of rotatable bonds is 3. The van der Waals surface area contributed by atoms with Gasteiger partial charge in [0.2, 0.25) is 6.79 Å². The van der Waals surface area contributed by atoms with Crippen molar-refractivity contribution in [2.24, 2.45) is 0 Å². The Morgan fingerprint density at radius 1 is 1.10 bits per heavy atom. The lowest BCUT2D eigenvalue weighted by Gasteiger charge is -2.07. The van der Waals surface area contributed by atoms with Crippen LogP contribution >= 0.6 is 0 Å². The first-order valence-electron chi connectivity index (χ1n) is 6.77. The molecule has 1 aromatic heterocycles. The van der Waals surface area contributed by atoms with Crippen molar-refractivity contribution in [1.82, 2.24) is 4.57 Å². The van der Waals surface area contributed by atoms with Gasteiger partial charge in [0.15, 0.2) is 17.8 Å². The Labute approximate surface area is 121 Å². The number of aromatic nitrogens is 1. The van der Waals surface area contributed by atoms with Gasteiger partial charge >= 0.3 is 0 Å². The third-order valence-electron chi connectivity index (χ3n) is 3.76. The average molecular weight is 279 g/mol. The first-order valence-corrected chi connectivity index (χ1v) is 6.77. The van der Waals surface area contributed by atoms with E-state index in [-0.39, 0.29) is 6.79 Å². The van der Waals surface area contributed by atoms with Crippen molar-refractivity contribution in [3.8, 4) is 11.5 Å². The topological polar surface area (TPSA) is 40.5 Å². The quantitative estimate of drug-likeness (QED) is 0.691. The molecule has 0 saturated heterocycles. The molecule has 0 radical (unpaired) electrons. The molecular formula is C17H13NO3. The third-order valence-corrected chi connectivity index (χ3v) is 3.76. The molecule has 0 spiro atoms. The minimum Gasteiger partial charge on any atom is -0.454 e. The summed E-state index contributed by atoms with van der Waals surface area (Å²) in [6.45, 7) is 1.01. The number of ether oxygens (including phenoxy) is 2. The van der Waals surface area contributed by atoms with Crippen LogP contribution in [0.4, 0.5) is 0 Å². The van der Waals surface area contributed by atoms with E-state index in [9.17, 15) is 4.79 Å². The van der Waals surface area contributed by atoms with Crippen molar-refractivity contribution in [3.63, 3.8) is 0 Å². The number of aldehydes is 1. The van der Waals surface area contributed by atoms with Crippen LogP contribution < -0.4 is 9.47 Å². The zero-order valence-corrected chi connectivity index (χ0v) is 11.3. The van der Waals surface area contributed by atoms with Gasteiger partial charge in [0.1, 0.15) is 0 Å². The van der Waals surface area contributed by atoms with Crippen molar-refractivity contribution < 1.29 is 14.3 Å². The van der Waals surface area contributed by atoms with E-state index in [0.717, 1.165) is 46.4 Å². The standard InChI is InChI=1S/C17H13NO3/c19-10-13-2-1-3-15-14(13)6-7-18(15)9-12-4-5-16-17(8-12)21-11-20-16/h1-8,10H,9,11H2. The Kier molecular flexibility index (Phi) is 2.67. The van der Waals surface area contributed by atoms with E-state index >= 15 is 0 Å². The molecule has 2 heterocycles. The van der Waals surface area contributed by atoms with Crippen molar-refractivity contribution in [2.45, 2.75) is 6.54 Å². The number of nitrogens with zero attached hydrogens (tertiary/aromatic N) is 1. The Bertz CT molecular complexity index is 835. The SMILES string of the molecule is O=Cc1cccc2c1ccn2Cc1ccc2c(c1)OCO2. The summed E-state index contributed by atoms with van der Waals surface area (Å²) < 4.78 is 12.9. The van der Waals surface area contributed by atoms with Gasteiger partial charge < -0.3 is 14.0 Å². The summed E-state index contributed by atoms with van der Waals surface area (Å²) in [5.41, 5.74) is 2.91.